The number of halogens is 18. The first-order valence-electron chi connectivity index (χ1n) is 7.83. The predicted molar refractivity (Wildman–Crippen MR) is 67.2 cm³/mol. The normalized spacial score (nSPS) is 24.8. The maximum atomic E-state index is 14.0. The van der Waals surface area contributed by atoms with Crippen molar-refractivity contribution in [2.24, 2.45) is 5.92 Å². The molecule has 0 spiro atoms. The average Bonchev–Trinajstić information content (AvgIpc) is 2.54. The van der Waals surface area contributed by atoms with Crippen molar-refractivity contribution in [1.29, 1.82) is 0 Å². The van der Waals surface area contributed by atoms with Crippen molar-refractivity contribution in [2.45, 2.75) is 61.2 Å². The SMILES string of the molecule is C=C[C@@H]1CC(F)(F)[C@]1(F)OC(F)(F)C(F)(F)OC(F)(F)C(F)(F)OC(F)(F)C(F)(F)OC(F)(F)F. The summed E-state index contributed by atoms with van der Waals surface area (Å²) in [4.78, 5) is 0. The van der Waals surface area contributed by atoms with E-state index in [1.54, 1.807) is 4.74 Å². The van der Waals surface area contributed by atoms with E-state index in [9.17, 15) is 79.0 Å². The number of rotatable bonds is 11. The Morgan fingerprint density at radius 1 is 0.571 bits per heavy atom. The molecule has 1 rings (SSSR count). The lowest BCUT2D eigenvalue weighted by molar-refractivity contribution is -0.583. The van der Waals surface area contributed by atoms with Gasteiger partial charge in [-0.05, 0) is 0 Å². The summed E-state index contributed by atoms with van der Waals surface area (Å²) in [6, 6.07) is 0. The molecule has 0 aromatic carbocycles. The van der Waals surface area contributed by atoms with Crippen molar-refractivity contribution in [2.75, 3.05) is 0 Å². The van der Waals surface area contributed by atoms with Crippen LogP contribution in [-0.4, -0.2) is 54.8 Å². The molecule has 0 saturated heterocycles. The van der Waals surface area contributed by atoms with Crippen molar-refractivity contribution in [3.05, 3.63) is 12.7 Å². The molecule has 0 radical (unpaired) electrons. The Balaban J connectivity index is 3.19. The molecule has 35 heavy (non-hydrogen) atoms. The molecule has 0 aliphatic heterocycles. The summed E-state index contributed by atoms with van der Waals surface area (Å²) in [5.41, 5.74) is 0. The van der Waals surface area contributed by atoms with Gasteiger partial charge in [0.05, 0.1) is 0 Å². The first-order chi connectivity index (χ1) is 15.0. The molecule has 2 atom stereocenters. The number of alkyl halides is 18. The second kappa shape index (κ2) is 8.43. The molecule has 1 aliphatic rings. The van der Waals surface area contributed by atoms with E-state index >= 15 is 0 Å². The van der Waals surface area contributed by atoms with Gasteiger partial charge >= 0.3 is 48.9 Å². The highest BCUT2D eigenvalue weighted by Gasteiger charge is 2.80. The highest BCUT2D eigenvalue weighted by atomic mass is 19.4. The van der Waals surface area contributed by atoms with Crippen LogP contribution in [0.25, 0.3) is 0 Å². The van der Waals surface area contributed by atoms with Crippen LogP contribution in [0.15, 0.2) is 12.7 Å². The van der Waals surface area contributed by atoms with E-state index in [1.165, 1.54) is 9.47 Å². The van der Waals surface area contributed by atoms with Crippen LogP contribution >= 0.6 is 0 Å². The molecule has 1 fully saturated rings. The third kappa shape index (κ3) is 5.84. The minimum Gasteiger partial charge on any atom is -0.269 e. The second-order valence-corrected chi connectivity index (χ2v) is 6.35. The van der Waals surface area contributed by atoms with Crippen LogP contribution in [0.3, 0.4) is 0 Å². The standard InChI is InChI=1S/C13H6F18O4/c1-2-4-3-5(14,15)6(4,16)32-7(17,18)8(19,20)33-9(21,22)10(23,24)34-11(25,26)12(27,28)35-13(29,30)31/h2,4H,1,3H2/t4-,6-/m1/s1. The minimum absolute atomic E-state index is 0.106. The van der Waals surface area contributed by atoms with Gasteiger partial charge in [-0.25, -0.2) is 27.4 Å². The first-order valence-corrected chi connectivity index (χ1v) is 7.83. The lowest BCUT2D eigenvalue weighted by Gasteiger charge is -2.49. The van der Waals surface area contributed by atoms with Gasteiger partial charge in [0.15, 0.2) is 0 Å². The van der Waals surface area contributed by atoms with Crippen molar-refractivity contribution < 1.29 is 98.0 Å². The number of ether oxygens (including phenoxy) is 4. The highest BCUT2D eigenvalue weighted by molar-refractivity contribution is 5.11. The van der Waals surface area contributed by atoms with Crippen molar-refractivity contribution in [3.8, 4) is 0 Å². The van der Waals surface area contributed by atoms with E-state index in [0.29, 0.717) is 0 Å². The lowest BCUT2D eigenvalue weighted by Crippen LogP contribution is -2.67. The zero-order valence-electron chi connectivity index (χ0n) is 15.5. The largest absolute Gasteiger partial charge is 0.527 e. The van der Waals surface area contributed by atoms with Crippen molar-refractivity contribution in [1.82, 2.24) is 0 Å². The van der Waals surface area contributed by atoms with Crippen LogP contribution in [-0.2, 0) is 18.9 Å². The molecule has 4 nitrogen and oxygen atoms in total. The monoisotopic (exact) mass is 568 g/mol. The fraction of sp³-hybridized carbons (Fsp3) is 0.846. The van der Waals surface area contributed by atoms with Gasteiger partial charge in [0.25, 0.3) is 5.85 Å². The second-order valence-electron chi connectivity index (χ2n) is 6.35. The number of hydrogen-bond donors (Lipinski definition) is 0. The lowest BCUT2D eigenvalue weighted by atomic mass is 9.75. The van der Waals surface area contributed by atoms with Crippen LogP contribution in [0.1, 0.15) is 6.42 Å². The maximum Gasteiger partial charge on any atom is 0.527 e. The van der Waals surface area contributed by atoms with Crippen molar-refractivity contribution >= 4 is 0 Å². The van der Waals surface area contributed by atoms with Gasteiger partial charge < -0.3 is 0 Å². The van der Waals surface area contributed by atoms with Gasteiger partial charge in [0.1, 0.15) is 0 Å². The van der Waals surface area contributed by atoms with E-state index < -0.39 is 67.1 Å². The third-order valence-corrected chi connectivity index (χ3v) is 3.79. The Hall–Kier alpha value is -1.68. The summed E-state index contributed by atoms with van der Waals surface area (Å²) >= 11 is 0. The Labute approximate surface area is 179 Å². The van der Waals surface area contributed by atoms with E-state index in [-0.39, 0.29) is 6.08 Å². The molecule has 0 N–H and O–H groups in total. The molecule has 22 heteroatoms. The fourth-order valence-electron chi connectivity index (χ4n) is 2.08. The summed E-state index contributed by atoms with van der Waals surface area (Å²) < 4.78 is 240. The van der Waals surface area contributed by atoms with Gasteiger partial charge in [0, 0.05) is 12.3 Å². The molecule has 0 unspecified atom stereocenters. The van der Waals surface area contributed by atoms with Crippen molar-refractivity contribution in [3.63, 3.8) is 0 Å². The molecular formula is C13H6F18O4. The van der Waals surface area contributed by atoms with Gasteiger partial charge in [-0.2, -0.15) is 52.7 Å². The molecule has 0 bridgehead atoms. The van der Waals surface area contributed by atoms with E-state index in [0.717, 1.165) is 0 Å². The zero-order chi connectivity index (χ0) is 28.3. The van der Waals surface area contributed by atoms with Gasteiger partial charge in [-0.3, -0.25) is 4.74 Å². The van der Waals surface area contributed by atoms with Crippen LogP contribution in [0.2, 0.25) is 0 Å². The number of hydrogen-bond acceptors (Lipinski definition) is 4. The predicted octanol–water partition coefficient (Wildman–Crippen LogP) is 6.64. The summed E-state index contributed by atoms with van der Waals surface area (Å²) in [5, 5.41) is 0. The van der Waals surface area contributed by atoms with E-state index in [1.807, 2.05) is 0 Å². The summed E-state index contributed by atoms with van der Waals surface area (Å²) in [6.07, 6.45) is -52.6. The van der Waals surface area contributed by atoms with Crippen LogP contribution in [0.5, 0.6) is 0 Å². The quantitative estimate of drug-likeness (QED) is 0.207. The van der Waals surface area contributed by atoms with Crippen LogP contribution in [0, 0.1) is 5.92 Å². The summed E-state index contributed by atoms with van der Waals surface area (Å²) in [7, 11) is 0. The molecule has 208 valence electrons. The molecule has 0 aromatic heterocycles. The zero-order valence-corrected chi connectivity index (χ0v) is 15.5. The molecule has 0 amide bonds. The van der Waals surface area contributed by atoms with Gasteiger partial charge in [-0.15, -0.1) is 19.8 Å². The van der Waals surface area contributed by atoms with E-state index in [4.69, 9.17) is 0 Å². The molecule has 0 aromatic rings. The van der Waals surface area contributed by atoms with Gasteiger partial charge in [-0.1, -0.05) is 6.08 Å². The Kier molecular flexibility index (Phi) is 7.55. The Morgan fingerprint density at radius 3 is 1.17 bits per heavy atom. The summed E-state index contributed by atoms with van der Waals surface area (Å²) in [5.74, 6) is -12.7. The summed E-state index contributed by atoms with van der Waals surface area (Å²) in [6.45, 7) is 2.64. The van der Waals surface area contributed by atoms with Crippen LogP contribution < -0.4 is 0 Å². The molecule has 0 heterocycles. The highest BCUT2D eigenvalue weighted by Crippen LogP contribution is 2.59. The molecular weight excluding hydrogens is 562 g/mol. The minimum atomic E-state index is -7.61. The first kappa shape index (κ1) is 31.4. The maximum absolute atomic E-state index is 14.0. The Morgan fingerprint density at radius 2 is 0.886 bits per heavy atom. The average molecular weight is 568 g/mol. The molecule has 1 aliphatic carbocycles. The third-order valence-electron chi connectivity index (χ3n) is 3.79. The smallest absolute Gasteiger partial charge is 0.269 e. The Bertz CT molecular complexity index is 792. The fourth-order valence-corrected chi connectivity index (χ4v) is 2.08. The topological polar surface area (TPSA) is 36.9 Å². The van der Waals surface area contributed by atoms with E-state index in [2.05, 4.69) is 11.3 Å². The van der Waals surface area contributed by atoms with Crippen LogP contribution in [0.4, 0.5) is 79.0 Å². The molecule has 1 saturated carbocycles. The van der Waals surface area contributed by atoms with Gasteiger partial charge in [0.2, 0.25) is 0 Å².